The molecule has 0 aliphatic rings. The largest absolute Gasteiger partial charge is 0.401 e. The first-order chi connectivity index (χ1) is 7.81. The number of benzene rings is 1. The lowest BCUT2D eigenvalue weighted by atomic mass is 10.2. The predicted octanol–water partition coefficient (Wildman–Crippen LogP) is 3.97. The average Bonchev–Trinajstić information content (AvgIpc) is 2.19. The highest BCUT2D eigenvalue weighted by Crippen LogP contribution is 2.22. The van der Waals surface area contributed by atoms with Gasteiger partial charge in [0.25, 0.3) is 0 Å². The summed E-state index contributed by atoms with van der Waals surface area (Å²) in [5.74, 6) is -0.417. The van der Waals surface area contributed by atoms with Crippen molar-refractivity contribution in [2.45, 2.75) is 19.6 Å². The molecule has 6 heteroatoms. The van der Waals surface area contributed by atoms with E-state index in [1.54, 1.807) is 6.92 Å². The summed E-state index contributed by atoms with van der Waals surface area (Å²) in [5, 5.41) is 0. The van der Waals surface area contributed by atoms with Gasteiger partial charge in [-0.3, -0.25) is 4.90 Å². The summed E-state index contributed by atoms with van der Waals surface area (Å²) in [5.41, 5.74) is 0.637. The molecular formula is C11H12BrF4N. The Balaban J connectivity index is 2.74. The number of alkyl halides is 3. The van der Waals surface area contributed by atoms with Crippen molar-refractivity contribution in [3.05, 3.63) is 34.1 Å². The molecule has 0 aromatic heterocycles. The molecule has 0 aliphatic carbocycles. The van der Waals surface area contributed by atoms with Crippen molar-refractivity contribution in [1.29, 1.82) is 0 Å². The fourth-order valence-corrected chi connectivity index (χ4v) is 1.90. The van der Waals surface area contributed by atoms with Crippen LogP contribution in [0.5, 0.6) is 0 Å². The third-order valence-electron chi connectivity index (χ3n) is 2.26. The van der Waals surface area contributed by atoms with Crippen LogP contribution < -0.4 is 0 Å². The first-order valence-electron chi connectivity index (χ1n) is 5.05. The Kier molecular flexibility index (Phi) is 4.94. The normalized spacial score (nSPS) is 12.2. The van der Waals surface area contributed by atoms with Crippen LogP contribution in [0.4, 0.5) is 17.6 Å². The lowest BCUT2D eigenvalue weighted by Crippen LogP contribution is -2.33. The molecule has 0 amide bonds. The van der Waals surface area contributed by atoms with E-state index in [0.717, 1.165) is 0 Å². The predicted molar refractivity (Wildman–Crippen MR) is 61.1 cm³/mol. The Hall–Kier alpha value is -0.620. The lowest BCUT2D eigenvalue weighted by Gasteiger charge is -2.22. The number of hydrogen-bond acceptors (Lipinski definition) is 1. The Morgan fingerprint density at radius 1 is 1.29 bits per heavy atom. The van der Waals surface area contributed by atoms with E-state index in [4.69, 9.17) is 0 Å². The van der Waals surface area contributed by atoms with Crippen molar-refractivity contribution >= 4 is 15.9 Å². The second kappa shape index (κ2) is 5.82. The van der Waals surface area contributed by atoms with Gasteiger partial charge in [0, 0.05) is 11.0 Å². The highest BCUT2D eigenvalue weighted by Gasteiger charge is 2.30. The zero-order valence-electron chi connectivity index (χ0n) is 9.19. The molecule has 0 heterocycles. The van der Waals surface area contributed by atoms with Gasteiger partial charge in [-0.1, -0.05) is 28.9 Å². The van der Waals surface area contributed by atoms with Gasteiger partial charge < -0.3 is 0 Å². The number of rotatable bonds is 4. The SMILES string of the molecule is CCN(Cc1ccc(F)cc1Br)CC(F)(F)F. The topological polar surface area (TPSA) is 3.24 Å². The Bertz CT molecular complexity index is 378. The fraction of sp³-hybridized carbons (Fsp3) is 0.455. The zero-order chi connectivity index (χ0) is 13.1. The molecule has 0 radical (unpaired) electrons. The van der Waals surface area contributed by atoms with E-state index in [9.17, 15) is 17.6 Å². The van der Waals surface area contributed by atoms with Crippen LogP contribution in [-0.4, -0.2) is 24.2 Å². The summed E-state index contributed by atoms with van der Waals surface area (Å²) in [6.07, 6.45) is -4.22. The second-order valence-corrected chi connectivity index (χ2v) is 4.51. The summed E-state index contributed by atoms with van der Waals surface area (Å²) >= 11 is 3.14. The Labute approximate surface area is 106 Å². The van der Waals surface area contributed by atoms with E-state index in [1.807, 2.05) is 0 Å². The van der Waals surface area contributed by atoms with Crippen LogP contribution >= 0.6 is 15.9 Å². The van der Waals surface area contributed by atoms with Gasteiger partial charge in [-0.25, -0.2) is 4.39 Å². The molecule has 0 N–H and O–H groups in total. The van der Waals surface area contributed by atoms with Crippen molar-refractivity contribution in [1.82, 2.24) is 4.90 Å². The average molecular weight is 314 g/mol. The van der Waals surface area contributed by atoms with Gasteiger partial charge in [0.15, 0.2) is 0 Å². The van der Waals surface area contributed by atoms with Gasteiger partial charge in [0.05, 0.1) is 6.54 Å². The zero-order valence-corrected chi connectivity index (χ0v) is 10.8. The fourth-order valence-electron chi connectivity index (χ4n) is 1.42. The molecule has 0 saturated heterocycles. The molecule has 1 rings (SSSR count). The van der Waals surface area contributed by atoms with Gasteiger partial charge in [0.2, 0.25) is 0 Å². The molecule has 0 unspecified atom stereocenters. The van der Waals surface area contributed by atoms with Gasteiger partial charge in [0.1, 0.15) is 5.82 Å². The molecule has 1 aromatic carbocycles. The van der Waals surface area contributed by atoms with Crippen molar-refractivity contribution in [2.75, 3.05) is 13.1 Å². The monoisotopic (exact) mass is 313 g/mol. The van der Waals surface area contributed by atoms with E-state index in [0.29, 0.717) is 10.0 Å². The first-order valence-corrected chi connectivity index (χ1v) is 5.84. The summed E-state index contributed by atoms with van der Waals surface area (Å²) in [6, 6.07) is 3.97. The van der Waals surface area contributed by atoms with Gasteiger partial charge >= 0.3 is 6.18 Å². The lowest BCUT2D eigenvalue weighted by molar-refractivity contribution is -0.146. The van der Waals surface area contributed by atoms with Gasteiger partial charge in [-0.15, -0.1) is 0 Å². The highest BCUT2D eigenvalue weighted by atomic mass is 79.9. The van der Waals surface area contributed by atoms with E-state index in [2.05, 4.69) is 15.9 Å². The quantitative estimate of drug-likeness (QED) is 0.760. The maximum Gasteiger partial charge on any atom is 0.401 e. The minimum absolute atomic E-state index is 0.136. The molecule has 1 aromatic rings. The highest BCUT2D eigenvalue weighted by molar-refractivity contribution is 9.10. The molecule has 0 aliphatic heterocycles. The van der Waals surface area contributed by atoms with E-state index in [1.165, 1.54) is 23.1 Å². The smallest absolute Gasteiger partial charge is 0.291 e. The number of hydrogen-bond donors (Lipinski definition) is 0. The molecule has 0 bridgehead atoms. The van der Waals surface area contributed by atoms with Crippen LogP contribution in [0, 0.1) is 5.82 Å². The van der Waals surface area contributed by atoms with Crippen molar-refractivity contribution in [3.63, 3.8) is 0 Å². The Morgan fingerprint density at radius 2 is 1.94 bits per heavy atom. The van der Waals surface area contributed by atoms with Crippen molar-refractivity contribution in [2.24, 2.45) is 0 Å². The van der Waals surface area contributed by atoms with Crippen LogP contribution in [0.25, 0.3) is 0 Å². The third kappa shape index (κ3) is 5.04. The summed E-state index contributed by atoms with van der Waals surface area (Å²) < 4.78 is 50.0. The van der Waals surface area contributed by atoms with Crippen LogP contribution in [-0.2, 0) is 6.54 Å². The summed E-state index contributed by atoms with van der Waals surface area (Å²) in [7, 11) is 0. The van der Waals surface area contributed by atoms with Crippen LogP contribution in [0.1, 0.15) is 12.5 Å². The molecular weight excluding hydrogens is 302 g/mol. The Morgan fingerprint density at radius 3 is 2.41 bits per heavy atom. The summed E-state index contributed by atoms with van der Waals surface area (Å²) in [4.78, 5) is 1.25. The molecule has 17 heavy (non-hydrogen) atoms. The standard InChI is InChI=1S/C11H12BrF4N/c1-2-17(7-11(14,15)16)6-8-3-4-9(13)5-10(8)12/h3-5H,2,6-7H2,1H3. The first kappa shape index (κ1) is 14.4. The minimum atomic E-state index is -4.22. The van der Waals surface area contributed by atoms with Crippen molar-refractivity contribution in [3.8, 4) is 0 Å². The van der Waals surface area contributed by atoms with Crippen LogP contribution in [0.2, 0.25) is 0 Å². The number of nitrogens with zero attached hydrogens (tertiary/aromatic N) is 1. The van der Waals surface area contributed by atoms with Crippen LogP contribution in [0.15, 0.2) is 22.7 Å². The van der Waals surface area contributed by atoms with E-state index in [-0.39, 0.29) is 13.1 Å². The third-order valence-corrected chi connectivity index (χ3v) is 3.00. The number of halogens is 5. The minimum Gasteiger partial charge on any atom is -0.291 e. The van der Waals surface area contributed by atoms with Gasteiger partial charge in [-0.2, -0.15) is 13.2 Å². The van der Waals surface area contributed by atoms with E-state index < -0.39 is 18.5 Å². The van der Waals surface area contributed by atoms with Crippen LogP contribution in [0.3, 0.4) is 0 Å². The molecule has 0 atom stereocenters. The van der Waals surface area contributed by atoms with Gasteiger partial charge in [-0.05, 0) is 24.2 Å². The molecule has 0 spiro atoms. The maximum atomic E-state index is 12.8. The van der Waals surface area contributed by atoms with Crippen molar-refractivity contribution < 1.29 is 17.6 Å². The molecule has 1 nitrogen and oxygen atoms in total. The molecule has 0 saturated carbocycles. The maximum absolute atomic E-state index is 12.8. The molecule has 96 valence electrons. The molecule has 0 fully saturated rings. The van der Waals surface area contributed by atoms with E-state index >= 15 is 0 Å². The summed E-state index contributed by atoms with van der Waals surface area (Å²) in [6.45, 7) is 1.11. The second-order valence-electron chi connectivity index (χ2n) is 3.65.